The summed E-state index contributed by atoms with van der Waals surface area (Å²) in [6.45, 7) is -6.20. The molecule has 89 heavy (non-hydrogen) atoms. The Kier molecular flexibility index (Phi) is 24.9. The van der Waals surface area contributed by atoms with E-state index in [1.807, 2.05) is 0 Å². The molecule has 0 aliphatic carbocycles. The van der Waals surface area contributed by atoms with E-state index in [4.69, 9.17) is 0 Å². The van der Waals surface area contributed by atoms with E-state index in [1.54, 1.807) is 0 Å². The number of halogens is 48. The number of esters is 2. The molecular weight excluding hydrogens is 1460 g/mol. The Labute approximate surface area is 478 Å². The monoisotopic (exact) mass is 1480 g/mol. The molecule has 1 unspecified atom stereocenters. The minimum Gasteiger partial charge on any atom is -0.691 e. The Bertz CT molecular complexity index is 2420. The van der Waals surface area contributed by atoms with Gasteiger partial charge in [0.25, 0.3) is 0 Å². The molecule has 0 radical (unpaired) electrons. The van der Waals surface area contributed by atoms with Crippen LogP contribution in [0.1, 0.15) is 19.3 Å². The summed E-state index contributed by atoms with van der Waals surface area (Å²) in [5, 5.41) is 9.13. The minimum atomic E-state index is -9.91. The first kappa shape index (κ1) is 87.9. The largest absolute Gasteiger partial charge is 1.00 e. The topological polar surface area (TPSA) is 94.1 Å². The van der Waals surface area contributed by atoms with Crippen molar-refractivity contribution in [3.8, 4) is 0 Å². The van der Waals surface area contributed by atoms with Crippen LogP contribution in [0, 0.1) is 0 Å². The summed E-state index contributed by atoms with van der Waals surface area (Å²) in [4.78, 5) is 24.0. The van der Waals surface area contributed by atoms with Gasteiger partial charge in [-0.2, -0.15) is 198 Å². The molecule has 0 spiro atoms. The van der Waals surface area contributed by atoms with Crippen LogP contribution in [0.5, 0.6) is 0 Å². The van der Waals surface area contributed by atoms with Crippen molar-refractivity contribution < 1.29 is 274 Å². The molecule has 0 N–H and O–H groups in total. The quantitative estimate of drug-likeness (QED) is 0.0157. The molecule has 0 amide bonds. The Morgan fingerprint density at radius 3 is 0.708 bits per heavy atom. The third kappa shape index (κ3) is 12.6. The summed E-state index contributed by atoms with van der Waals surface area (Å²) in [6.07, 6.45) is -23.2. The summed E-state index contributed by atoms with van der Waals surface area (Å²) >= 11 is -1.31. The van der Waals surface area contributed by atoms with Gasteiger partial charge in [0.05, 0.1) is 32.5 Å². The van der Waals surface area contributed by atoms with Crippen molar-refractivity contribution >= 4 is 24.0 Å². The van der Waals surface area contributed by atoms with E-state index in [0.29, 0.717) is 0 Å². The van der Waals surface area contributed by atoms with E-state index in [2.05, 4.69) is 18.8 Å². The number of hydrogen-bond donors (Lipinski definition) is 0. The predicted octanol–water partition coefficient (Wildman–Crippen LogP) is 12.0. The number of carbonyl (C=O) groups excluding carboxylic acids is 2. The first-order valence-electron chi connectivity index (χ1n) is 19.7. The second-order valence-corrected chi connectivity index (χ2v) is 17.3. The van der Waals surface area contributed by atoms with Crippen LogP contribution in [-0.2, 0) is 28.4 Å². The van der Waals surface area contributed by atoms with Gasteiger partial charge in [-0.05, 0) is 0 Å². The van der Waals surface area contributed by atoms with Crippen LogP contribution in [0.25, 0.3) is 0 Å². The second kappa shape index (κ2) is 25.2. The van der Waals surface area contributed by atoms with Gasteiger partial charge in [-0.25, -0.2) is 17.6 Å². The van der Waals surface area contributed by atoms with E-state index in [0.717, 1.165) is 0 Å². The zero-order valence-electron chi connectivity index (χ0n) is 39.7. The molecule has 0 aromatic carbocycles. The van der Waals surface area contributed by atoms with Crippen LogP contribution in [-0.4, -0.2) is 174 Å². The molecule has 0 fully saturated rings. The van der Waals surface area contributed by atoms with E-state index in [9.17, 15) is 226 Å². The fourth-order valence-corrected chi connectivity index (χ4v) is 5.80. The van der Waals surface area contributed by atoms with Crippen LogP contribution in [0.15, 0.2) is 0 Å². The van der Waals surface area contributed by atoms with E-state index in [-0.39, 0.29) is 29.6 Å². The standard InChI is InChI=1S/C32H14F48O7S.Na/c33-9(34)13(41,42)17(49,50)21(57,58)25(65,66)29(73,74)31(77,78)27(69,70)23(61,62)19(53,54)15(45,46)11(37,38)1-3-84-7(81)5-6(88-87-86-83)8(82)85-4-2-12(39,40)16(47,48)20(55,56)24(63,64)28(71,72)32(79,80)30(75,76)26(67,68)22(59,60)18(51,52)14(43,44)10(35)36;/h6,9-10,83H,1-5H2;/q;+1/p-1. The molecule has 0 aliphatic rings. The van der Waals surface area contributed by atoms with E-state index >= 15 is 0 Å². The van der Waals surface area contributed by atoms with Gasteiger partial charge in [0, 0.05) is 12.0 Å². The minimum absolute atomic E-state index is 0. The number of hydrogen-bond acceptors (Lipinski definition) is 8. The smallest absolute Gasteiger partial charge is 0.691 e. The number of rotatable bonds is 34. The molecule has 0 heterocycles. The zero-order chi connectivity index (χ0) is 72.0. The van der Waals surface area contributed by atoms with Crippen LogP contribution < -0.4 is 34.8 Å². The summed E-state index contributed by atoms with van der Waals surface area (Å²) in [7, 11) is 0. The van der Waals surface area contributed by atoms with E-state index < -0.39 is 205 Å². The first-order valence-corrected chi connectivity index (χ1v) is 20.5. The number of ether oxygens (including phenoxy) is 2. The molecular formula is C32H13F48NaO7S. The van der Waals surface area contributed by atoms with Gasteiger partial charge >= 0.3 is 185 Å². The van der Waals surface area contributed by atoms with Crippen LogP contribution in [0.3, 0.4) is 0 Å². The SMILES string of the molecule is O=C(CC(SOO[O-])C(=O)OCCC(F)(F)C(F)(F)C(F)(F)C(F)(F)C(F)(F)C(F)(F)C(F)(F)C(F)(F)C(F)(F)C(F)(F)C(F)(F)C(F)F)OCCC(F)(F)C(F)(F)C(F)(F)C(F)(F)C(F)(F)C(F)(F)C(F)(F)C(F)(F)C(F)(F)C(F)(F)C(F)(F)C(F)F.[Na+]. The van der Waals surface area contributed by atoms with Gasteiger partial charge in [0.1, 0.15) is 5.25 Å². The molecule has 7 nitrogen and oxygen atoms in total. The van der Waals surface area contributed by atoms with Gasteiger partial charge < -0.3 is 14.7 Å². The first-order chi connectivity index (χ1) is 37.8. The molecule has 0 aliphatic heterocycles. The Morgan fingerprint density at radius 2 is 0.506 bits per heavy atom. The van der Waals surface area contributed by atoms with Gasteiger partial charge in [0.15, 0.2) is 0 Å². The summed E-state index contributed by atoms with van der Waals surface area (Å²) < 4.78 is 670. The maximum absolute atomic E-state index is 14.3. The molecule has 0 saturated heterocycles. The average Bonchev–Trinajstić information content (AvgIpc) is 3.33. The molecule has 1 atom stereocenters. The van der Waals surface area contributed by atoms with Crippen LogP contribution in [0.4, 0.5) is 211 Å². The third-order valence-corrected chi connectivity index (χ3v) is 11.5. The molecule has 0 aromatic rings. The molecule has 0 aromatic heterocycles. The van der Waals surface area contributed by atoms with Gasteiger partial charge in [-0.1, -0.05) is 0 Å². The van der Waals surface area contributed by atoms with Gasteiger partial charge in [-0.3, -0.25) is 14.6 Å². The van der Waals surface area contributed by atoms with Crippen molar-refractivity contribution in [2.45, 2.75) is 168 Å². The predicted molar refractivity (Wildman–Crippen MR) is 170 cm³/mol. The Morgan fingerprint density at radius 1 is 0.315 bits per heavy atom. The van der Waals surface area contributed by atoms with Crippen molar-refractivity contribution in [3.63, 3.8) is 0 Å². The second-order valence-electron chi connectivity index (χ2n) is 16.4. The molecule has 0 rings (SSSR count). The average molecular weight is 1480 g/mol. The van der Waals surface area contributed by atoms with Crippen LogP contribution >= 0.6 is 12.0 Å². The van der Waals surface area contributed by atoms with Gasteiger partial charge in [-0.15, -0.1) is 0 Å². The van der Waals surface area contributed by atoms with Crippen molar-refractivity contribution in [1.82, 2.24) is 0 Å². The molecule has 57 heteroatoms. The number of carbonyl (C=O) groups is 2. The van der Waals surface area contributed by atoms with E-state index in [1.165, 1.54) is 0 Å². The van der Waals surface area contributed by atoms with Crippen molar-refractivity contribution in [3.05, 3.63) is 0 Å². The third-order valence-electron chi connectivity index (χ3n) is 10.8. The Balaban J connectivity index is 0. The zero-order valence-corrected chi connectivity index (χ0v) is 42.5. The Hall–Kier alpha value is -3.19. The molecule has 526 valence electrons. The van der Waals surface area contributed by atoms with Crippen molar-refractivity contribution in [1.29, 1.82) is 0 Å². The van der Waals surface area contributed by atoms with Crippen molar-refractivity contribution in [2.24, 2.45) is 0 Å². The summed E-state index contributed by atoms with van der Waals surface area (Å²) in [5.41, 5.74) is 0. The van der Waals surface area contributed by atoms with Crippen molar-refractivity contribution in [2.75, 3.05) is 13.2 Å². The summed E-state index contributed by atoms with van der Waals surface area (Å²) in [6, 6.07) is 0. The van der Waals surface area contributed by atoms with Crippen LogP contribution in [0.2, 0.25) is 0 Å². The fourth-order valence-electron chi connectivity index (χ4n) is 5.32. The maximum atomic E-state index is 14.3. The molecule has 0 saturated carbocycles. The maximum Gasteiger partial charge on any atom is 1.00 e. The normalized spacial score (nSPS) is 16.4. The van der Waals surface area contributed by atoms with Gasteiger partial charge in [0.2, 0.25) is 0 Å². The number of alkyl halides is 48. The summed E-state index contributed by atoms with van der Waals surface area (Å²) in [5.74, 6) is -209. The molecule has 0 bridgehead atoms. The fraction of sp³-hybridized carbons (Fsp3) is 0.938.